The first-order valence-electron chi connectivity index (χ1n) is 7.90. The van der Waals surface area contributed by atoms with Crippen molar-refractivity contribution in [2.24, 2.45) is 0 Å². The smallest absolute Gasteiger partial charge is 0.315 e. The van der Waals surface area contributed by atoms with Gasteiger partial charge in [0.1, 0.15) is 11.4 Å². The van der Waals surface area contributed by atoms with Crippen molar-refractivity contribution in [3.63, 3.8) is 0 Å². The predicted molar refractivity (Wildman–Crippen MR) is 86.0 cm³/mol. The van der Waals surface area contributed by atoms with Gasteiger partial charge < -0.3 is 14.5 Å². The Morgan fingerprint density at radius 2 is 1.86 bits per heavy atom. The van der Waals surface area contributed by atoms with Gasteiger partial charge >= 0.3 is 6.01 Å². The maximum Gasteiger partial charge on any atom is 0.315 e. The highest BCUT2D eigenvalue weighted by Gasteiger charge is 2.20. The molecule has 0 atom stereocenters. The third-order valence-corrected chi connectivity index (χ3v) is 3.64. The molecule has 1 N–H and O–H groups in total. The molecule has 0 spiro atoms. The molecule has 0 amide bonds. The summed E-state index contributed by atoms with van der Waals surface area (Å²) in [6, 6.07) is 8.70. The lowest BCUT2D eigenvalue weighted by Crippen LogP contribution is -2.23. The van der Waals surface area contributed by atoms with Crippen LogP contribution in [0.15, 0.2) is 28.7 Å². The predicted octanol–water partition coefficient (Wildman–Crippen LogP) is 4.27. The maximum atomic E-state index is 5.98. The van der Waals surface area contributed by atoms with E-state index in [0.717, 1.165) is 11.3 Å². The Morgan fingerprint density at radius 1 is 1.14 bits per heavy atom. The summed E-state index contributed by atoms with van der Waals surface area (Å²) in [4.78, 5) is 0. The minimum absolute atomic E-state index is 0.277. The first-order valence-corrected chi connectivity index (χ1v) is 7.90. The Hall–Kier alpha value is -2.04. The summed E-state index contributed by atoms with van der Waals surface area (Å²) >= 11 is 0. The van der Waals surface area contributed by atoms with Crippen molar-refractivity contribution in [2.45, 2.75) is 58.1 Å². The average Bonchev–Trinajstić information content (AvgIpc) is 3.10. The van der Waals surface area contributed by atoms with Gasteiger partial charge in [0, 0.05) is 6.04 Å². The molecule has 3 rings (SSSR count). The summed E-state index contributed by atoms with van der Waals surface area (Å²) in [6.45, 7) is 6.06. The van der Waals surface area contributed by atoms with Crippen molar-refractivity contribution < 1.29 is 9.15 Å². The summed E-state index contributed by atoms with van der Waals surface area (Å²) in [5.41, 5.74) is 0.547. The quantitative estimate of drug-likeness (QED) is 0.914. The number of benzene rings is 1. The van der Waals surface area contributed by atoms with Crippen LogP contribution < -0.4 is 10.1 Å². The largest absolute Gasteiger partial charge is 0.487 e. The normalized spacial score (nSPS) is 16.0. The summed E-state index contributed by atoms with van der Waals surface area (Å²) in [7, 11) is 0. The molecule has 0 saturated heterocycles. The van der Waals surface area contributed by atoms with Crippen LogP contribution in [0.25, 0.3) is 11.5 Å². The molecule has 1 aromatic heterocycles. The lowest BCUT2D eigenvalue weighted by molar-refractivity contribution is 0.131. The van der Waals surface area contributed by atoms with Crippen LogP contribution in [-0.4, -0.2) is 21.8 Å². The molecule has 0 radical (unpaired) electrons. The Kier molecular flexibility index (Phi) is 4.05. The van der Waals surface area contributed by atoms with Gasteiger partial charge in [-0.1, -0.05) is 30.1 Å². The number of hydrogen-bond acceptors (Lipinski definition) is 5. The molecule has 1 fully saturated rings. The van der Waals surface area contributed by atoms with E-state index in [-0.39, 0.29) is 5.60 Å². The second-order valence-electron chi connectivity index (χ2n) is 6.75. The van der Waals surface area contributed by atoms with E-state index in [2.05, 4.69) is 15.5 Å². The number of aromatic nitrogens is 2. The standard InChI is InChI=1S/C17H23N3O2/c1-17(2,3)22-14-11-7-6-10-13(14)15-19-20-16(21-15)18-12-8-4-5-9-12/h6-7,10-12H,4-5,8-9H2,1-3H3,(H,18,20). The van der Waals surface area contributed by atoms with Crippen molar-refractivity contribution >= 4 is 6.01 Å². The average molecular weight is 301 g/mol. The highest BCUT2D eigenvalue weighted by molar-refractivity contribution is 5.62. The molecule has 0 unspecified atom stereocenters. The van der Waals surface area contributed by atoms with Gasteiger partial charge in [-0.2, -0.15) is 0 Å². The Bertz CT molecular complexity index is 625. The molecule has 5 heteroatoms. The molecular formula is C17H23N3O2. The van der Waals surface area contributed by atoms with Gasteiger partial charge in [0.15, 0.2) is 0 Å². The minimum Gasteiger partial charge on any atom is -0.487 e. The monoisotopic (exact) mass is 301 g/mol. The molecule has 22 heavy (non-hydrogen) atoms. The molecule has 118 valence electrons. The summed E-state index contributed by atoms with van der Waals surface area (Å²) in [5, 5.41) is 11.6. The zero-order valence-corrected chi connectivity index (χ0v) is 13.4. The van der Waals surface area contributed by atoms with Crippen molar-refractivity contribution in [3.05, 3.63) is 24.3 Å². The summed E-state index contributed by atoms with van der Waals surface area (Å²) in [5.74, 6) is 1.24. The lowest BCUT2D eigenvalue weighted by atomic mass is 10.1. The van der Waals surface area contributed by atoms with Crippen LogP contribution in [0.1, 0.15) is 46.5 Å². The Labute approximate surface area is 131 Å². The van der Waals surface area contributed by atoms with Crippen molar-refractivity contribution in [1.82, 2.24) is 10.2 Å². The molecule has 5 nitrogen and oxygen atoms in total. The van der Waals surface area contributed by atoms with Crippen LogP contribution in [0.4, 0.5) is 6.01 Å². The van der Waals surface area contributed by atoms with E-state index in [0.29, 0.717) is 17.9 Å². The summed E-state index contributed by atoms with van der Waals surface area (Å²) < 4.78 is 11.8. The van der Waals surface area contributed by atoms with E-state index < -0.39 is 0 Å². The van der Waals surface area contributed by atoms with Crippen LogP contribution in [0.3, 0.4) is 0 Å². The third kappa shape index (κ3) is 3.59. The number of nitrogens with zero attached hydrogens (tertiary/aromatic N) is 2. The van der Waals surface area contributed by atoms with Crippen molar-refractivity contribution in [1.29, 1.82) is 0 Å². The van der Waals surface area contributed by atoms with Gasteiger partial charge in [0.05, 0.1) is 5.56 Å². The van der Waals surface area contributed by atoms with Crippen molar-refractivity contribution in [3.8, 4) is 17.2 Å². The molecular weight excluding hydrogens is 278 g/mol. The van der Waals surface area contributed by atoms with E-state index in [1.54, 1.807) is 0 Å². The number of nitrogens with one attached hydrogen (secondary N) is 1. The van der Waals surface area contributed by atoms with Crippen LogP contribution >= 0.6 is 0 Å². The van der Waals surface area contributed by atoms with Gasteiger partial charge in [-0.25, -0.2) is 0 Å². The van der Waals surface area contributed by atoms with Crippen molar-refractivity contribution in [2.75, 3.05) is 5.32 Å². The first kappa shape index (κ1) is 14.9. The zero-order valence-electron chi connectivity index (χ0n) is 13.4. The fourth-order valence-electron chi connectivity index (χ4n) is 2.70. The molecule has 0 aliphatic heterocycles. The van der Waals surface area contributed by atoms with Crippen LogP contribution in [0.5, 0.6) is 5.75 Å². The fourth-order valence-corrected chi connectivity index (χ4v) is 2.70. The van der Waals surface area contributed by atoms with Gasteiger partial charge in [0.25, 0.3) is 5.89 Å². The SMILES string of the molecule is CC(C)(C)Oc1ccccc1-c1nnc(NC2CCCC2)o1. The van der Waals surface area contributed by atoms with Crippen LogP contribution in [0, 0.1) is 0 Å². The molecule has 1 heterocycles. The van der Waals surface area contributed by atoms with Gasteiger partial charge in [-0.05, 0) is 45.7 Å². The van der Waals surface area contributed by atoms with Crippen LogP contribution in [-0.2, 0) is 0 Å². The molecule has 1 saturated carbocycles. The number of hydrogen-bond donors (Lipinski definition) is 1. The highest BCUT2D eigenvalue weighted by Crippen LogP contribution is 2.32. The van der Waals surface area contributed by atoms with Gasteiger partial charge in [0.2, 0.25) is 0 Å². The first-order chi connectivity index (χ1) is 10.5. The Morgan fingerprint density at radius 3 is 2.59 bits per heavy atom. The van der Waals surface area contributed by atoms with Crippen LogP contribution in [0.2, 0.25) is 0 Å². The summed E-state index contributed by atoms with van der Waals surface area (Å²) in [6.07, 6.45) is 4.87. The second kappa shape index (κ2) is 5.99. The molecule has 1 aliphatic rings. The second-order valence-corrected chi connectivity index (χ2v) is 6.75. The molecule has 1 aromatic carbocycles. The third-order valence-electron chi connectivity index (χ3n) is 3.64. The van der Waals surface area contributed by atoms with E-state index in [1.165, 1.54) is 25.7 Å². The number of anilines is 1. The topological polar surface area (TPSA) is 60.2 Å². The van der Waals surface area contributed by atoms with E-state index in [9.17, 15) is 0 Å². The number of rotatable bonds is 4. The van der Waals surface area contributed by atoms with Gasteiger partial charge in [-0.15, -0.1) is 5.10 Å². The minimum atomic E-state index is -0.277. The van der Waals surface area contributed by atoms with E-state index >= 15 is 0 Å². The number of ether oxygens (including phenoxy) is 1. The van der Waals surface area contributed by atoms with Gasteiger partial charge in [-0.3, -0.25) is 0 Å². The van der Waals surface area contributed by atoms with E-state index in [1.807, 2.05) is 45.0 Å². The fraction of sp³-hybridized carbons (Fsp3) is 0.529. The molecule has 2 aromatic rings. The maximum absolute atomic E-state index is 5.98. The molecule has 1 aliphatic carbocycles. The lowest BCUT2D eigenvalue weighted by Gasteiger charge is -2.22. The zero-order chi connectivity index (χ0) is 15.6. The molecule has 0 bridgehead atoms. The number of para-hydroxylation sites is 1. The Balaban J connectivity index is 1.80. The highest BCUT2D eigenvalue weighted by atomic mass is 16.5. The van der Waals surface area contributed by atoms with E-state index in [4.69, 9.17) is 9.15 Å².